The summed E-state index contributed by atoms with van der Waals surface area (Å²) < 4.78 is 13.0. The van der Waals surface area contributed by atoms with E-state index in [-0.39, 0.29) is 11.6 Å². The van der Waals surface area contributed by atoms with Gasteiger partial charge in [0.1, 0.15) is 11.6 Å². The van der Waals surface area contributed by atoms with Crippen LogP contribution in [0.5, 0.6) is 5.75 Å². The predicted octanol–water partition coefficient (Wildman–Crippen LogP) is 2.11. The third-order valence-corrected chi connectivity index (χ3v) is 3.40. The highest BCUT2D eigenvalue weighted by Gasteiger charge is 2.26. The first-order chi connectivity index (χ1) is 8.70. The van der Waals surface area contributed by atoms with E-state index < -0.39 is 0 Å². The van der Waals surface area contributed by atoms with Crippen LogP contribution in [0.4, 0.5) is 4.39 Å². The first-order valence-corrected chi connectivity index (χ1v) is 6.63. The zero-order valence-corrected chi connectivity index (χ0v) is 10.8. The summed E-state index contributed by atoms with van der Waals surface area (Å²) in [5.74, 6) is -0.156. The number of phenols is 1. The van der Waals surface area contributed by atoms with Crippen LogP contribution in [-0.2, 0) is 6.54 Å². The molecule has 0 saturated heterocycles. The van der Waals surface area contributed by atoms with Crippen molar-refractivity contribution >= 4 is 0 Å². The van der Waals surface area contributed by atoms with E-state index in [9.17, 15) is 9.50 Å². The fourth-order valence-corrected chi connectivity index (χ4v) is 2.18. The highest BCUT2D eigenvalue weighted by Crippen LogP contribution is 2.25. The van der Waals surface area contributed by atoms with Crippen LogP contribution >= 0.6 is 0 Å². The first-order valence-electron chi connectivity index (χ1n) is 6.63. The molecule has 0 spiro atoms. The van der Waals surface area contributed by atoms with E-state index in [0.29, 0.717) is 12.1 Å². The van der Waals surface area contributed by atoms with Gasteiger partial charge in [-0.2, -0.15) is 0 Å². The van der Waals surface area contributed by atoms with Crippen molar-refractivity contribution < 1.29 is 9.50 Å². The molecule has 1 aromatic rings. The number of hydrogen-bond acceptors (Lipinski definition) is 3. The van der Waals surface area contributed by atoms with Gasteiger partial charge in [-0.05, 0) is 37.6 Å². The van der Waals surface area contributed by atoms with Crippen molar-refractivity contribution in [1.82, 2.24) is 10.2 Å². The van der Waals surface area contributed by atoms with Gasteiger partial charge in [0.2, 0.25) is 0 Å². The SMILES string of the molecule is CCN(CCNCc1cc(F)ccc1O)C1CC1. The molecule has 0 bridgehead atoms. The summed E-state index contributed by atoms with van der Waals surface area (Å²) in [7, 11) is 0. The lowest BCUT2D eigenvalue weighted by Gasteiger charge is -2.19. The Morgan fingerprint density at radius 2 is 2.22 bits per heavy atom. The second-order valence-corrected chi connectivity index (χ2v) is 4.81. The molecule has 100 valence electrons. The van der Waals surface area contributed by atoms with E-state index in [0.717, 1.165) is 25.7 Å². The maximum Gasteiger partial charge on any atom is 0.123 e. The number of aromatic hydroxyl groups is 1. The van der Waals surface area contributed by atoms with E-state index in [1.165, 1.54) is 31.0 Å². The zero-order chi connectivity index (χ0) is 13.0. The van der Waals surface area contributed by atoms with Crippen molar-refractivity contribution in [1.29, 1.82) is 0 Å². The summed E-state index contributed by atoms with van der Waals surface area (Å²) in [4.78, 5) is 2.46. The number of halogens is 1. The van der Waals surface area contributed by atoms with Crippen LogP contribution in [0.3, 0.4) is 0 Å². The van der Waals surface area contributed by atoms with Crippen LogP contribution in [-0.4, -0.2) is 35.7 Å². The van der Waals surface area contributed by atoms with Gasteiger partial charge in [-0.15, -0.1) is 0 Å². The number of benzene rings is 1. The molecule has 1 aliphatic carbocycles. The fourth-order valence-electron chi connectivity index (χ4n) is 2.18. The molecule has 0 heterocycles. The van der Waals surface area contributed by atoms with Crippen LogP contribution < -0.4 is 5.32 Å². The molecule has 1 aromatic carbocycles. The van der Waals surface area contributed by atoms with Gasteiger partial charge in [-0.1, -0.05) is 6.92 Å². The smallest absolute Gasteiger partial charge is 0.123 e. The summed E-state index contributed by atoms with van der Waals surface area (Å²) >= 11 is 0. The minimum absolute atomic E-state index is 0.151. The number of likely N-dealkylation sites (N-methyl/N-ethyl adjacent to an activating group) is 1. The van der Waals surface area contributed by atoms with Crippen molar-refractivity contribution in [2.45, 2.75) is 32.4 Å². The van der Waals surface area contributed by atoms with Gasteiger partial charge in [0, 0.05) is 31.2 Å². The van der Waals surface area contributed by atoms with E-state index >= 15 is 0 Å². The molecule has 3 nitrogen and oxygen atoms in total. The first kappa shape index (κ1) is 13.3. The molecule has 2 rings (SSSR count). The second kappa shape index (κ2) is 6.16. The summed E-state index contributed by atoms with van der Waals surface area (Å²) in [5.41, 5.74) is 0.615. The third-order valence-electron chi connectivity index (χ3n) is 3.40. The van der Waals surface area contributed by atoms with Crippen molar-refractivity contribution in [2.75, 3.05) is 19.6 Å². The average Bonchev–Trinajstić information content (AvgIpc) is 3.18. The Bertz CT molecular complexity index is 393. The van der Waals surface area contributed by atoms with E-state index in [1.54, 1.807) is 0 Å². The molecular formula is C14H21FN2O. The monoisotopic (exact) mass is 252 g/mol. The van der Waals surface area contributed by atoms with Crippen molar-refractivity contribution in [2.24, 2.45) is 0 Å². The Morgan fingerprint density at radius 3 is 2.89 bits per heavy atom. The quantitative estimate of drug-likeness (QED) is 0.730. The highest BCUT2D eigenvalue weighted by molar-refractivity contribution is 5.32. The summed E-state index contributed by atoms with van der Waals surface area (Å²) in [6.07, 6.45) is 2.64. The summed E-state index contributed by atoms with van der Waals surface area (Å²) in [6.45, 7) is 5.64. The standard InChI is InChI=1S/C14H21FN2O/c1-2-17(13-4-5-13)8-7-16-10-11-9-12(15)3-6-14(11)18/h3,6,9,13,16,18H,2,4-5,7-8,10H2,1H3. The number of phenolic OH excluding ortho intramolecular Hbond substituents is 1. The largest absolute Gasteiger partial charge is 0.508 e. The second-order valence-electron chi connectivity index (χ2n) is 4.81. The Balaban J connectivity index is 1.72. The molecule has 2 N–H and O–H groups in total. The van der Waals surface area contributed by atoms with Crippen LogP contribution in [0, 0.1) is 5.82 Å². The number of hydrogen-bond donors (Lipinski definition) is 2. The predicted molar refractivity (Wildman–Crippen MR) is 70.0 cm³/mol. The zero-order valence-electron chi connectivity index (χ0n) is 10.8. The normalized spacial score (nSPS) is 15.3. The minimum atomic E-state index is -0.308. The average molecular weight is 252 g/mol. The maximum absolute atomic E-state index is 13.0. The molecule has 0 radical (unpaired) electrons. The summed E-state index contributed by atoms with van der Waals surface area (Å²) in [6, 6.07) is 4.82. The molecule has 4 heteroatoms. The Morgan fingerprint density at radius 1 is 1.44 bits per heavy atom. The molecule has 1 saturated carbocycles. The lowest BCUT2D eigenvalue weighted by Crippen LogP contribution is -2.33. The lowest BCUT2D eigenvalue weighted by atomic mass is 10.2. The molecule has 0 aliphatic heterocycles. The molecule has 0 atom stereocenters. The van der Waals surface area contributed by atoms with E-state index in [4.69, 9.17) is 0 Å². The van der Waals surface area contributed by atoms with Gasteiger partial charge < -0.3 is 10.4 Å². The topological polar surface area (TPSA) is 35.5 Å². The van der Waals surface area contributed by atoms with Gasteiger partial charge in [-0.25, -0.2) is 4.39 Å². The Hall–Kier alpha value is -1.13. The maximum atomic E-state index is 13.0. The summed E-state index contributed by atoms with van der Waals surface area (Å²) in [5, 5.41) is 12.8. The molecule has 1 fully saturated rings. The lowest BCUT2D eigenvalue weighted by molar-refractivity contribution is 0.276. The van der Waals surface area contributed by atoms with Gasteiger partial charge in [0.05, 0.1) is 0 Å². The molecular weight excluding hydrogens is 231 g/mol. The van der Waals surface area contributed by atoms with E-state index in [1.807, 2.05) is 0 Å². The van der Waals surface area contributed by atoms with Gasteiger partial charge in [0.25, 0.3) is 0 Å². The number of rotatable bonds is 7. The highest BCUT2D eigenvalue weighted by atomic mass is 19.1. The molecule has 0 aromatic heterocycles. The Kier molecular flexibility index (Phi) is 4.55. The number of nitrogens with one attached hydrogen (secondary N) is 1. The molecule has 1 aliphatic rings. The van der Waals surface area contributed by atoms with E-state index in [2.05, 4.69) is 17.1 Å². The number of nitrogens with zero attached hydrogens (tertiary/aromatic N) is 1. The van der Waals surface area contributed by atoms with Crippen LogP contribution in [0.2, 0.25) is 0 Å². The molecule has 18 heavy (non-hydrogen) atoms. The van der Waals surface area contributed by atoms with Crippen LogP contribution in [0.1, 0.15) is 25.3 Å². The van der Waals surface area contributed by atoms with Crippen molar-refractivity contribution in [3.8, 4) is 5.75 Å². The van der Waals surface area contributed by atoms with Gasteiger partial charge in [-0.3, -0.25) is 4.90 Å². The molecule has 0 amide bonds. The van der Waals surface area contributed by atoms with Crippen molar-refractivity contribution in [3.63, 3.8) is 0 Å². The van der Waals surface area contributed by atoms with Gasteiger partial charge in [0.15, 0.2) is 0 Å². The van der Waals surface area contributed by atoms with Crippen LogP contribution in [0.15, 0.2) is 18.2 Å². The molecule has 0 unspecified atom stereocenters. The fraction of sp³-hybridized carbons (Fsp3) is 0.571. The van der Waals surface area contributed by atoms with Crippen LogP contribution in [0.25, 0.3) is 0 Å². The Labute approximate surface area is 108 Å². The third kappa shape index (κ3) is 3.68. The minimum Gasteiger partial charge on any atom is -0.508 e. The van der Waals surface area contributed by atoms with Gasteiger partial charge >= 0.3 is 0 Å². The van der Waals surface area contributed by atoms with Crippen molar-refractivity contribution in [3.05, 3.63) is 29.6 Å².